The number of aliphatic hydroxyl groups is 1. The highest BCUT2D eigenvalue weighted by atomic mass is 19.1. The summed E-state index contributed by atoms with van der Waals surface area (Å²) in [5.41, 5.74) is -0.484. The molecule has 0 fully saturated rings. The van der Waals surface area contributed by atoms with Gasteiger partial charge in [0, 0.05) is 18.7 Å². The highest BCUT2D eigenvalue weighted by Gasteiger charge is 2.55. The van der Waals surface area contributed by atoms with Crippen LogP contribution in [-0.2, 0) is 21.5 Å². The molecule has 0 saturated heterocycles. The molecule has 3 N–H and O–H groups in total. The molecule has 2 aliphatic rings. The number of aromatic hydroxyl groups is 1. The molecular formula is C29H24FNO7. The van der Waals surface area contributed by atoms with Crippen LogP contribution in [0.2, 0.25) is 0 Å². The Bertz CT molecular complexity index is 1650. The second kappa shape index (κ2) is 8.72. The Hall–Kier alpha value is -4.66. The first kappa shape index (κ1) is 25.0. The van der Waals surface area contributed by atoms with Gasteiger partial charge in [0.1, 0.15) is 45.4 Å². The standard InChI is InChI=1S/C29H24FNO7/c1-13-5-6-15-9-16(30)7-8-17(15)18(13)12-31-28(36)24-21(37-4)10-20(34)25-26(24)38-22-11-19(33)23(14(2)32)27(35)29(22,25)3/h5-11,33-34H,12H2,1-4H3,(H,31,36)/t29-/m1/s1. The van der Waals surface area contributed by atoms with E-state index >= 15 is 0 Å². The summed E-state index contributed by atoms with van der Waals surface area (Å²) < 4.78 is 25.0. The monoisotopic (exact) mass is 517 g/mol. The van der Waals surface area contributed by atoms with Gasteiger partial charge in [0.15, 0.2) is 17.3 Å². The van der Waals surface area contributed by atoms with Gasteiger partial charge in [-0.1, -0.05) is 18.2 Å². The van der Waals surface area contributed by atoms with E-state index in [0.29, 0.717) is 5.39 Å². The van der Waals surface area contributed by atoms with Crippen molar-refractivity contribution >= 4 is 28.2 Å². The van der Waals surface area contributed by atoms with E-state index in [1.165, 1.54) is 32.2 Å². The number of hydrogen-bond acceptors (Lipinski definition) is 7. The number of benzene rings is 3. The molecule has 0 bridgehead atoms. The van der Waals surface area contributed by atoms with Gasteiger partial charge in [-0.2, -0.15) is 0 Å². The fourth-order valence-electron chi connectivity index (χ4n) is 5.19. The minimum absolute atomic E-state index is 0.00488. The fourth-order valence-corrected chi connectivity index (χ4v) is 5.19. The van der Waals surface area contributed by atoms with Crippen LogP contribution in [0.1, 0.15) is 40.9 Å². The lowest BCUT2D eigenvalue weighted by Crippen LogP contribution is -2.38. The van der Waals surface area contributed by atoms with Crippen LogP contribution >= 0.6 is 0 Å². The van der Waals surface area contributed by atoms with Crippen molar-refractivity contribution in [2.24, 2.45) is 0 Å². The molecule has 194 valence electrons. The predicted molar refractivity (Wildman–Crippen MR) is 136 cm³/mol. The van der Waals surface area contributed by atoms with Gasteiger partial charge in [0.2, 0.25) is 0 Å². The van der Waals surface area contributed by atoms with Gasteiger partial charge in [-0.25, -0.2) is 4.39 Å². The number of amides is 1. The number of rotatable bonds is 5. The summed E-state index contributed by atoms with van der Waals surface area (Å²) in [6, 6.07) is 9.25. The van der Waals surface area contributed by atoms with E-state index in [1.54, 1.807) is 12.1 Å². The maximum atomic E-state index is 13.7. The Balaban J connectivity index is 1.58. The number of Topliss-reactive ketones (excluding diaryl/α,β-unsaturated/α-hetero) is 2. The minimum Gasteiger partial charge on any atom is -0.507 e. The van der Waals surface area contributed by atoms with Gasteiger partial charge in [-0.05, 0) is 54.8 Å². The number of ether oxygens (including phenoxy) is 2. The first-order valence-corrected chi connectivity index (χ1v) is 11.8. The number of ketones is 2. The number of nitrogens with one attached hydrogen (secondary N) is 1. The van der Waals surface area contributed by atoms with Crippen molar-refractivity contribution in [3.63, 3.8) is 0 Å². The maximum Gasteiger partial charge on any atom is 0.259 e. The van der Waals surface area contributed by atoms with Crippen LogP contribution in [0.5, 0.6) is 17.2 Å². The van der Waals surface area contributed by atoms with E-state index in [1.807, 2.05) is 13.0 Å². The summed E-state index contributed by atoms with van der Waals surface area (Å²) in [6.45, 7) is 4.57. The van der Waals surface area contributed by atoms with E-state index in [-0.39, 0.29) is 46.5 Å². The van der Waals surface area contributed by atoms with Crippen molar-refractivity contribution in [1.29, 1.82) is 0 Å². The Morgan fingerprint density at radius 1 is 1.16 bits per heavy atom. The van der Waals surface area contributed by atoms with Crippen LogP contribution in [-0.4, -0.2) is 34.8 Å². The number of allylic oxidation sites excluding steroid dienone is 3. The van der Waals surface area contributed by atoms with Gasteiger partial charge in [-0.3, -0.25) is 14.4 Å². The molecule has 0 spiro atoms. The molecule has 5 rings (SSSR count). The number of hydrogen-bond donors (Lipinski definition) is 3. The van der Waals surface area contributed by atoms with E-state index in [2.05, 4.69) is 5.32 Å². The zero-order valence-electron chi connectivity index (χ0n) is 21.1. The van der Waals surface area contributed by atoms with Crippen LogP contribution < -0.4 is 14.8 Å². The number of fused-ring (bicyclic) bond motifs is 4. The van der Waals surface area contributed by atoms with Gasteiger partial charge < -0.3 is 25.0 Å². The molecule has 3 aromatic carbocycles. The molecular weight excluding hydrogens is 493 g/mol. The number of carbonyl (C=O) groups is 3. The number of phenolic OH excluding ortho intramolecular Hbond substituents is 1. The van der Waals surface area contributed by atoms with Gasteiger partial charge >= 0.3 is 0 Å². The molecule has 1 atom stereocenters. The number of aliphatic hydroxyl groups excluding tert-OH is 1. The Labute approximate surface area is 217 Å². The number of halogens is 1. The zero-order valence-corrected chi connectivity index (χ0v) is 21.1. The quantitative estimate of drug-likeness (QED) is 0.428. The number of phenols is 1. The third kappa shape index (κ3) is 3.53. The minimum atomic E-state index is -1.65. The maximum absolute atomic E-state index is 13.7. The molecule has 1 aliphatic carbocycles. The molecule has 38 heavy (non-hydrogen) atoms. The molecule has 0 aromatic heterocycles. The summed E-state index contributed by atoms with van der Waals surface area (Å²) >= 11 is 0. The normalized spacial score (nSPS) is 18.0. The molecule has 1 aliphatic heterocycles. The smallest absolute Gasteiger partial charge is 0.259 e. The number of carbonyl (C=O) groups excluding carboxylic acids is 3. The van der Waals surface area contributed by atoms with Crippen LogP contribution in [0.15, 0.2) is 59.6 Å². The van der Waals surface area contributed by atoms with E-state index < -0.39 is 34.2 Å². The molecule has 1 heterocycles. The molecule has 1 amide bonds. The molecule has 8 nitrogen and oxygen atoms in total. The van der Waals surface area contributed by atoms with Gasteiger partial charge in [0.25, 0.3) is 5.91 Å². The lowest BCUT2D eigenvalue weighted by atomic mass is 9.71. The van der Waals surface area contributed by atoms with Crippen molar-refractivity contribution < 1.29 is 38.5 Å². The van der Waals surface area contributed by atoms with E-state index in [0.717, 1.165) is 29.5 Å². The third-order valence-electron chi connectivity index (χ3n) is 7.19. The second-order valence-electron chi connectivity index (χ2n) is 9.47. The number of methoxy groups -OCH3 is 1. The van der Waals surface area contributed by atoms with Crippen LogP contribution in [0.25, 0.3) is 10.8 Å². The Kier molecular flexibility index (Phi) is 5.74. The lowest BCUT2D eigenvalue weighted by molar-refractivity contribution is -0.123. The zero-order chi connectivity index (χ0) is 27.5. The van der Waals surface area contributed by atoms with Crippen LogP contribution in [0, 0.1) is 12.7 Å². The lowest BCUT2D eigenvalue weighted by Gasteiger charge is -2.27. The van der Waals surface area contributed by atoms with Crippen molar-refractivity contribution in [3.05, 3.63) is 87.6 Å². The Morgan fingerprint density at radius 2 is 1.89 bits per heavy atom. The van der Waals surface area contributed by atoms with Crippen LogP contribution in [0.3, 0.4) is 0 Å². The summed E-state index contributed by atoms with van der Waals surface area (Å²) in [5.74, 6) is -3.47. The number of aryl methyl sites for hydroxylation is 1. The SMILES string of the molecule is COc1cc(O)c2c(c1C(=O)NCc1c(C)ccc3cc(F)ccc13)OC1=CC(O)=C(C(C)=O)C(=O)[C@]12C. The summed E-state index contributed by atoms with van der Waals surface area (Å²) in [6.07, 6.45) is 1.14. The van der Waals surface area contributed by atoms with Crippen molar-refractivity contribution in [2.75, 3.05) is 7.11 Å². The van der Waals surface area contributed by atoms with Gasteiger partial charge in [0.05, 0.1) is 12.7 Å². The average Bonchev–Trinajstić information content (AvgIpc) is 3.16. The van der Waals surface area contributed by atoms with E-state index in [4.69, 9.17) is 9.47 Å². The predicted octanol–water partition coefficient (Wildman–Crippen LogP) is 4.45. The van der Waals surface area contributed by atoms with Crippen molar-refractivity contribution in [2.45, 2.75) is 32.7 Å². The molecule has 9 heteroatoms. The third-order valence-corrected chi connectivity index (χ3v) is 7.19. The summed E-state index contributed by atoms with van der Waals surface area (Å²) in [4.78, 5) is 39.1. The highest BCUT2D eigenvalue weighted by Crippen LogP contribution is 2.56. The molecule has 0 saturated carbocycles. The molecule has 0 unspecified atom stereocenters. The van der Waals surface area contributed by atoms with Crippen LogP contribution in [0.4, 0.5) is 4.39 Å². The first-order valence-electron chi connectivity index (χ1n) is 11.8. The molecule has 3 aromatic rings. The van der Waals surface area contributed by atoms with Gasteiger partial charge in [-0.15, -0.1) is 0 Å². The second-order valence-corrected chi connectivity index (χ2v) is 9.47. The average molecular weight is 518 g/mol. The summed E-state index contributed by atoms with van der Waals surface area (Å²) in [5, 5.41) is 25.5. The van der Waals surface area contributed by atoms with E-state index in [9.17, 15) is 29.0 Å². The Morgan fingerprint density at radius 3 is 2.58 bits per heavy atom. The molecule has 0 radical (unpaired) electrons. The fraction of sp³-hybridized carbons (Fsp3) is 0.207. The largest absolute Gasteiger partial charge is 0.507 e. The highest BCUT2D eigenvalue weighted by molar-refractivity contribution is 6.25. The summed E-state index contributed by atoms with van der Waals surface area (Å²) in [7, 11) is 1.32. The van der Waals surface area contributed by atoms with Crippen molar-refractivity contribution in [3.8, 4) is 17.2 Å². The van der Waals surface area contributed by atoms with Crippen molar-refractivity contribution in [1.82, 2.24) is 5.32 Å². The topological polar surface area (TPSA) is 122 Å². The first-order chi connectivity index (χ1) is 18.0.